The minimum Gasteiger partial charge on any atom is -0.384 e. The summed E-state index contributed by atoms with van der Waals surface area (Å²) in [5.41, 5.74) is 4.50. The Morgan fingerprint density at radius 2 is 2.11 bits per heavy atom. The van der Waals surface area contributed by atoms with Crippen LogP contribution in [0, 0.1) is 5.92 Å². The van der Waals surface area contributed by atoms with E-state index in [1.807, 2.05) is 0 Å². The van der Waals surface area contributed by atoms with Crippen molar-refractivity contribution < 1.29 is 4.74 Å². The molecule has 2 nitrogen and oxygen atoms in total. The molecule has 1 unspecified atom stereocenters. The fourth-order valence-electron chi connectivity index (χ4n) is 3.17. The minimum atomic E-state index is 0.693. The molecule has 0 radical (unpaired) electrons. The summed E-state index contributed by atoms with van der Waals surface area (Å²) >= 11 is 0. The zero-order valence-corrected chi connectivity index (χ0v) is 11.1. The first-order chi connectivity index (χ1) is 8.93. The summed E-state index contributed by atoms with van der Waals surface area (Å²) in [6.07, 6.45) is 7.74. The Kier molecular flexibility index (Phi) is 3.84. The van der Waals surface area contributed by atoms with E-state index in [1.165, 1.54) is 44.2 Å². The summed E-state index contributed by atoms with van der Waals surface area (Å²) in [4.78, 5) is 0. The van der Waals surface area contributed by atoms with Crippen LogP contribution in [0.1, 0.15) is 36.8 Å². The maximum Gasteiger partial charge on any atom is 0.0511 e. The lowest BCUT2D eigenvalue weighted by Crippen LogP contribution is -2.24. The van der Waals surface area contributed by atoms with Crippen molar-refractivity contribution in [1.29, 1.82) is 0 Å². The van der Waals surface area contributed by atoms with E-state index >= 15 is 0 Å². The van der Waals surface area contributed by atoms with Gasteiger partial charge in [-0.1, -0.05) is 12.1 Å². The number of benzene rings is 1. The maximum atomic E-state index is 5.54. The molecule has 1 atom stereocenters. The second-order valence-corrected chi connectivity index (χ2v) is 5.61. The Labute approximate surface area is 110 Å². The van der Waals surface area contributed by atoms with E-state index in [0.29, 0.717) is 5.92 Å². The molecule has 2 aliphatic rings. The second-order valence-electron chi connectivity index (χ2n) is 5.61. The lowest BCUT2D eigenvalue weighted by atomic mass is 9.90. The van der Waals surface area contributed by atoms with E-state index < -0.39 is 0 Å². The number of rotatable bonds is 3. The van der Waals surface area contributed by atoms with Gasteiger partial charge in [-0.2, -0.15) is 0 Å². The van der Waals surface area contributed by atoms with Crippen molar-refractivity contribution in [3.05, 3.63) is 29.3 Å². The molecule has 0 bridgehead atoms. The van der Waals surface area contributed by atoms with Gasteiger partial charge >= 0.3 is 0 Å². The molecular formula is C16H23NO. The van der Waals surface area contributed by atoms with Gasteiger partial charge < -0.3 is 10.1 Å². The highest BCUT2D eigenvalue weighted by Gasteiger charge is 2.16. The van der Waals surface area contributed by atoms with E-state index in [0.717, 1.165) is 19.8 Å². The van der Waals surface area contributed by atoms with E-state index in [9.17, 15) is 0 Å². The summed E-state index contributed by atoms with van der Waals surface area (Å²) in [6, 6.07) is 6.74. The first kappa shape index (κ1) is 12.0. The summed E-state index contributed by atoms with van der Waals surface area (Å²) < 4.78 is 5.54. The predicted octanol–water partition coefficient (Wildman–Crippen LogP) is 3.40. The first-order valence-corrected chi connectivity index (χ1v) is 7.36. The molecular weight excluding hydrogens is 222 g/mol. The van der Waals surface area contributed by atoms with Crippen LogP contribution in [0.5, 0.6) is 0 Å². The minimum absolute atomic E-state index is 0.693. The molecule has 98 valence electrons. The van der Waals surface area contributed by atoms with Gasteiger partial charge in [-0.15, -0.1) is 0 Å². The topological polar surface area (TPSA) is 21.3 Å². The Morgan fingerprint density at radius 1 is 1.17 bits per heavy atom. The van der Waals surface area contributed by atoms with Crippen LogP contribution in [0.3, 0.4) is 0 Å². The highest BCUT2D eigenvalue weighted by atomic mass is 16.5. The third-order valence-corrected chi connectivity index (χ3v) is 4.23. The van der Waals surface area contributed by atoms with E-state index in [4.69, 9.17) is 4.74 Å². The first-order valence-electron chi connectivity index (χ1n) is 7.36. The Bertz CT molecular complexity index is 396. The van der Waals surface area contributed by atoms with Gasteiger partial charge in [0.15, 0.2) is 0 Å². The van der Waals surface area contributed by atoms with Crippen LogP contribution in [0.2, 0.25) is 0 Å². The average Bonchev–Trinajstić information content (AvgIpc) is 2.46. The number of anilines is 1. The number of nitrogens with one attached hydrogen (secondary N) is 1. The third-order valence-electron chi connectivity index (χ3n) is 4.23. The highest BCUT2D eigenvalue weighted by molar-refractivity contribution is 5.55. The normalized spacial score (nSPS) is 23.4. The van der Waals surface area contributed by atoms with Gasteiger partial charge in [0.25, 0.3) is 0 Å². The molecule has 2 heteroatoms. The smallest absolute Gasteiger partial charge is 0.0511 e. The maximum absolute atomic E-state index is 5.54. The fourth-order valence-corrected chi connectivity index (χ4v) is 3.17. The van der Waals surface area contributed by atoms with Gasteiger partial charge in [0.05, 0.1) is 6.61 Å². The van der Waals surface area contributed by atoms with Gasteiger partial charge in [-0.3, -0.25) is 0 Å². The lowest BCUT2D eigenvalue weighted by Gasteiger charge is -2.25. The largest absolute Gasteiger partial charge is 0.384 e. The van der Waals surface area contributed by atoms with E-state index in [1.54, 1.807) is 11.1 Å². The molecule has 18 heavy (non-hydrogen) atoms. The monoisotopic (exact) mass is 245 g/mol. The van der Waals surface area contributed by atoms with Crippen molar-refractivity contribution in [1.82, 2.24) is 0 Å². The number of ether oxygens (including phenoxy) is 1. The van der Waals surface area contributed by atoms with Gasteiger partial charge in [-0.25, -0.2) is 0 Å². The molecule has 0 spiro atoms. The Balaban J connectivity index is 1.65. The second kappa shape index (κ2) is 5.75. The van der Waals surface area contributed by atoms with Crippen LogP contribution >= 0.6 is 0 Å². The molecule has 0 aromatic heterocycles. The molecule has 1 saturated heterocycles. The van der Waals surface area contributed by atoms with E-state index in [2.05, 4.69) is 23.5 Å². The van der Waals surface area contributed by atoms with Crippen LogP contribution in [-0.2, 0) is 17.6 Å². The molecule has 1 aliphatic heterocycles. The van der Waals surface area contributed by atoms with Crippen molar-refractivity contribution >= 4 is 5.69 Å². The quantitative estimate of drug-likeness (QED) is 0.881. The molecule has 0 saturated carbocycles. The van der Waals surface area contributed by atoms with Crippen molar-refractivity contribution in [2.45, 2.75) is 38.5 Å². The average molecular weight is 245 g/mol. The summed E-state index contributed by atoms with van der Waals surface area (Å²) in [5.74, 6) is 0.693. The standard InChI is InChI=1S/C16H23NO/c1-2-8-15-14(6-1)7-3-9-16(15)17-11-13-5-4-10-18-12-13/h3,7,9,13,17H,1-2,4-6,8,10-12H2. The molecule has 1 heterocycles. The van der Waals surface area contributed by atoms with E-state index in [-0.39, 0.29) is 0 Å². The van der Waals surface area contributed by atoms with Crippen LogP contribution in [-0.4, -0.2) is 19.8 Å². The van der Waals surface area contributed by atoms with Crippen molar-refractivity contribution in [3.63, 3.8) is 0 Å². The summed E-state index contributed by atoms with van der Waals surface area (Å²) in [5, 5.41) is 3.66. The zero-order valence-electron chi connectivity index (χ0n) is 11.1. The Morgan fingerprint density at radius 3 is 3.00 bits per heavy atom. The molecule has 0 amide bonds. The summed E-state index contributed by atoms with van der Waals surface area (Å²) in [7, 11) is 0. The highest BCUT2D eigenvalue weighted by Crippen LogP contribution is 2.28. The van der Waals surface area contributed by atoms with Gasteiger partial charge in [0.2, 0.25) is 0 Å². The molecule has 1 aliphatic carbocycles. The SMILES string of the molecule is c1cc2c(c(NCC3CCCOC3)c1)CCCC2. The number of fused-ring (bicyclic) bond motifs is 1. The predicted molar refractivity (Wildman–Crippen MR) is 75.1 cm³/mol. The number of hydrogen-bond donors (Lipinski definition) is 1. The molecule has 1 N–H and O–H groups in total. The van der Waals surface area contributed by atoms with Crippen molar-refractivity contribution in [2.75, 3.05) is 25.1 Å². The van der Waals surface area contributed by atoms with Crippen molar-refractivity contribution in [2.24, 2.45) is 5.92 Å². The third kappa shape index (κ3) is 2.69. The summed E-state index contributed by atoms with van der Waals surface area (Å²) in [6.45, 7) is 2.95. The van der Waals surface area contributed by atoms with Gasteiger partial charge in [0, 0.05) is 18.8 Å². The Hall–Kier alpha value is -1.02. The van der Waals surface area contributed by atoms with Crippen molar-refractivity contribution in [3.8, 4) is 0 Å². The van der Waals surface area contributed by atoms with Gasteiger partial charge in [-0.05, 0) is 61.6 Å². The lowest BCUT2D eigenvalue weighted by molar-refractivity contribution is 0.0595. The molecule has 1 aromatic carbocycles. The molecule has 1 aromatic rings. The number of aryl methyl sites for hydroxylation is 1. The number of hydrogen-bond acceptors (Lipinski definition) is 2. The fraction of sp³-hybridized carbons (Fsp3) is 0.625. The van der Waals surface area contributed by atoms with Gasteiger partial charge in [0.1, 0.15) is 0 Å². The molecule has 3 rings (SSSR count). The van der Waals surface area contributed by atoms with Crippen LogP contribution in [0.4, 0.5) is 5.69 Å². The van der Waals surface area contributed by atoms with Crippen LogP contribution < -0.4 is 5.32 Å². The molecule has 1 fully saturated rings. The van der Waals surface area contributed by atoms with Crippen LogP contribution in [0.15, 0.2) is 18.2 Å². The van der Waals surface area contributed by atoms with Crippen LogP contribution in [0.25, 0.3) is 0 Å². The zero-order chi connectivity index (χ0) is 12.2.